The highest BCUT2D eigenvalue weighted by atomic mass is 16.5. The first-order valence-electron chi connectivity index (χ1n) is 11.1. The van der Waals surface area contributed by atoms with Crippen LogP contribution < -0.4 is 4.74 Å². The van der Waals surface area contributed by atoms with Crippen molar-refractivity contribution in [3.05, 3.63) is 71.5 Å². The number of nitrogens with zero attached hydrogens (tertiary/aromatic N) is 4. The van der Waals surface area contributed by atoms with Gasteiger partial charge in [-0.1, -0.05) is 30.3 Å². The number of amides is 1. The smallest absolute Gasteiger partial charge is 0.257 e. The summed E-state index contributed by atoms with van der Waals surface area (Å²) >= 11 is 0. The van der Waals surface area contributed by atoms with Crippen molar-refractivity contribution in [1.29, 1.82) is 0 Å². The molecule has 0 bridgehead atoms. The minimum atomic E-state index is -0.611. The molecule has 2 aliphatic heterocycles. The van der Waals surface area contributed by atoms with Gasteiger partial charge in [0.1, 0.15) is 12.4 Å². The molecule has 32 heavy (non-hydrogen) atoms. The minimum Gasteiger partial charge on any atom is -0.491 e. The van der Waals surface area contributed by atoms with E-state index < -0.39 is 6.10 Å². The molecule has 1 aromatic heterocycles. The molecule has 1 unspecified atom stereocenters. The lowest BCUT2D eigenvalue weighted by atomic mass is 10.00. The van der Waals surface area contributed by atoms with Gasteiger partial charge in [0.25, 0.3) is 5.91 Å². The summed E-state index contributed by atoms with van der Waals surface area (Å²) < 4.78 is 7.65. The van der Waals surface area contributed by atoms with E-state index in [1.165, 1.54) is 11.1 Å². The van der Waals surface area contributed by atoms with Crippen molar-refractivity contribution < 1.29 is 14.6 Å². The Balaban J connectivity index is 1.25. The molecule has 1 amide bonds. The van der Waals surface area contributed by atoms with Crippen molar-refractivity contribution in [3.8, 4) is 16.9 Å². The van der Waals surface area contributed by atoms with Crippen LogP contribution in [0, 0.1) is 0 Å². The van der Waals surface area contributed by atoms with Crippen molar-refractivity contribution in [3.63, 3.8) is 0 Å². The lowest BCUT2D eigenvalue weighted by molar-refractivity contribution is 0.0501. The Kier molecular flexibility index (Phi) is 5.68. The molecule has 7 heteroatoms. The van der Waals surface area contributed by atoms with E-state index in [4.69, 9.17) is 4.74 Å². The summed E-state index contributed by atoms with van der Waals surface area (Å²) in [5.74, 6) is 0.485. The van der Waals surface area contributed by atoms with Gasteiger partial charge < -0.3 is 14.7 Å². The summed E-state index contributed by atoms with van der Waals surface area (Å²) in [4.78, 5) is 17.2. The van der Waals surface area contributed by atoms with Crippen molar-refractivity contribution in [2.75, 3.05) is 32.8 Å². The Bertz CT molecular complexity index is 1130. The SMILES string of the molecule is Cn1cc(-c2ccc3c(c2)OCCN(CC(O)CN2CCc4ccccc4C2)C3=O)cn1. The van der Waals surface area contributed by atoms with Crippen molar-refractivity contribution in [2.45, 2.75) is 19.1 Å². The zero-order valence-corrected chi connectivity index (χ0v) is 18.3. The number of aromatic nitrogens is 2. The molecule has 7 nitrogen and oxygen atoms in total. The molecule has 0 fully saturated rings. The Hall–Kier alpha value is -3.16. The quantitative estimate of drug-likeness (QED) is 0.670. The van der Waals surface area contributed by atoms with E-state index in [9.17, 15) is 9.90 Å². The molecular weight excluding hydrogens is 404 g/mol. The van der Waals surface area contributed by atoms with Gasteiger partial charge >= 0.3 is 0 Å². The zero-order valence-electron chi connectivity index (χ0n) is 18.3. The fourth-order valence-electron chi connectivity index (χ4n) is 4.60. The van der Waals surface area contributed by atoms with Crippen LogP contribution in [0.15, 0.2) is 54.9 Å². The van der Waals surface area contributed by atoms with Gasteiger partial charge in [0.15, 0.2) is 0 Å². The Labute approximate surface area is 187 Å². The van der Waals surface area contributed by atoms with Crippen LogP contribution in [0.4, 0.5) is 0 Å². The van der Waals surface area contributed by atoms with E-state index in [1.54, 1.807) is 15.8 Å². The molecule has 166 valence electrons. The van der Waals surface area contributed by atoms with E-state index in [-0.39, 0.29) is 5.91 Å². The van der Waals surface area contributed by atoms with Crippen LogP contribution in [0.2, 0.25) is 0 Å². The number of hydrogen-bond acceptors (Lipinski definition) is 5. The molecule has 0 radical (unpaired) electrons. The number of hydrogen-bond donors (Lipinski definition) is 1. The van der Waals surface area contributed by atoms with Gasteiger partial charge in [0.05, 0.1) is 24.4 Å². The van der Waals surface area contributed by atoms with Crippen LogP contribution in [0.25, 0.3) is 11.1 Å². The van der Waals surface area contributed by atoms with Crippen LogP contribution in [-0.4, -0.2) is 69.5 Å². The number of rotatable bonds is 5. The highest BCUT2D eigenvalue weighted by Crippen LogP contribution is 2.29. The summed E-state index contributed by atoms with van der Waals surface area (Å²) in [6, 6.07) is 14.1. The van der Waals surface area contributed by atoms with Crippen LogP contribution in [0.1, 0.15) is 21.5 Å². The Morgan fingerprint density at radius 1 is 1.09 bits per heavy atom. The van der Waals surface area contributed by atoms with Crippen LogP contribution in [-0.2, 0) is 20.0 Å². The maximum atomic E-state index is 13.2. The van der Waals surface area contributed by atoms with Gasteiger partial charge in [-0.3, -0.25) is 14.4 Å². The van der Waals surface area contributed by atoms with E-state index in [0.717, 1.165) is 30.6 Å². The first kappa shape index (κ1) is 20.7. The Morgan fingerprint density at radius 3 is 2.75 bits per heavy atom. The second-order valence-electron chi connectivity index (χ2n) is 8.62. The number of benzene rings is 2. The molecule has 0 saturated carbocycles. The summed E-state index contributed by atoms with van der Waals surface area (Å²) in [6.45, 7) is 3.46. The molecular formula is C25H28N4O3. The van der Waals surface area contributed by atoms with E-state index in [1.807, 2.05) is 31.4 Å². The lowest BCUT2D eigenvalue weighted by Gasteiger charge is -2.32. The van der Waals surface area contributed by atoms with E-state index in [2.05, 4.69) is 34.3 Å². The fraction of sp³-hybridized carbons (Fsp3) is 0.360. The summed E-state index contributed by atoms with van der Waals surface area (Å²) in [6.07, 6.45) is 4.11. The fourth-order valence-corrected chi connectivity index (χ4v) is 4.60. The highest BCUT2D eigenvalue weighted by Gasteiger charge is 2.27. The third-order valence-electron chi connectivity index (χ3n) is 6.27. The van der Waals surface area contributed by atoms with Gasteiger partial charge in [-0.25, -0.2) is 0 Å². The number of aryl methyl sites for hydroxylation is 1. The predicted octanol–water partition coefficient (Wildman–Crippen LogP) is 2.34. The number of carbonyl (C=O) groups is 1. The van der Waals surface area contributed by atoms with E-state index in [0.29, 0.717) is 37.6 Å². The average Bonchev–Trinajstić information content (AvgIpc) is 3.17. The van der Waals surface area contributed by atoms with Crippen LogP contribution >= 0.6 is 0 Å². The van der Waals surface area contributed by atoms with E-state index >= 15 is 0 Å². The van der Waals surface area contributed by atoms with Gasteiger partial charge in [0.2, 0.25) is 0 Å². The van der Waals surface area contributed by atoms with Crippen LogP contribution in [0.5, 0.6) is 5.75 Å². The topological polar surface area (TPSA) is 70.8 Å². The molecule has 0 spiro atoms. The summed E-state index contributed by atoms with van der Waals surface area (Å²) in [7, 11) is 1.87. The molecule has 5 rings (SSSR count). The largest absolute Gasteiger partial charge is 0.491 e. The monoisotopic (exact) mass is 432 g/mol. The number of carbonyl (C=O) groups excluding carboxylic acids is 1. The third kappa shape index (κ3) is 4.26. The molecule has 1 atom stereocenters. The number of aliphatic hydroxyl groups is 1. The maximum absolute atomic E-state index is 13.2. The Morgan fingerprint density at radius 2 is 1.94 bits per heavy atom. The number of β-amino-alcohol motifs (C(OH)–C–C–N with tert-alkyl or cyclic N) is 1. The van der Waals surface area contributed by atoms with Gasteiger partial charge in [-0.05, 0) is 35.2 Å². The average molecular weight is 433 g/mol. The standard InChI is InChI=1S/C25H28N4O3/c1-27-14-21(13-26-27)19-6-7-23-24(12-19)32-11-10-29(25(23)31)17-22(30)16-28-9-8-18-4-2-3-5-20(18)15-28/h2-7,12-14,22,30H,8-11,15-17H2,1H3. The molecule has 3 aromatic rings. The maximum Gasteiger partial charge on any atom is 0.257 e. The molecule has 1 N–H and O–H groups in total. The van der Waals surface area contributed by atoms with Gasteiger partial charge in [-0.15, -0.1) is 0 Å². The van der Waals surface area contributed by atoms with Gasteiger partial charge in [0, 0.05) is 45.0 Å². The second kappa shape index (κ2) is 8.76. The molecule has 3 heterocycles. The zero-order chi connectivity index (χ0) is 22.1. The number of ether oxygens (including phenoxy) is 1. The number of fused-ring (bicyclic) bond motifs is 2. The molecule has 2 aliphatic rings. The van der Waals surface area contributed by atoms with Crippen molar-refractivity contribution in [1.82, 2.24) is 19.6 Å². The van der Waals surface area contributed by atoms with Gasteiger partial charge in [-0.2, -0.15) is 5.10 Å². The molecule has 2 aromatic carbocycles. The predicted molar refractivity (Wildman–Crippen MR) is 121 cm³/mol. The summed E-state index contributed by atoms with van der Waals surface area (Å²) in [5, 5.41) is 15.0. The molecule has 0 aliphatic carbocycles. The minimum absolute atomic E-state index is 0.0988. The highest BCUT2D eigenvalue weighted by molar-refractivity contribution is 5.98. The molecule has 0 saturated heterocycles. The third-order valence-corrected chi connectivity index (χ3v) is 6.27. The summed E-state index contributed by atoms with van der Waals surface area (Å²) in [5.41, 5.74) is 5.19. The number of aliphatic hydroxyl groups excluding tert-OH is 1. The van der Waals surface area contributed by atoms with Crippen LogP contribution in [0.3, 0.4) is 0 Å². The first-order chi connectivity index (χ1) is 15.6. The van der Waals surface area contributed by atoms with Crippen molar-refractivity contribution in [2.24, 2.45) is 7.05 Å². The first-order valence-corrected chi connectivity index (χ1v) is 11.1. The van der Waals surface area contributed by atoms with Crippen molar-refractivity contribution >= 4 is 5.91 Å². The normalized spacial score (nSPS) is 17.3. The second-order valence-corrected chi connectivity index (χ2v) is 8.62. The lowest BCUT2D eigenvalue weighted by Crippen LogP contribution is -2.44.